The van der Waals surface area contributed by atoms with E-state index < -0.39 is 28.6 Å². The molecule has 0 amide bonds. The van der Waals surface area contributed by atoms with Gasteiger partial charge in [-0.05, 0) is 24.3 Å². The molecule has 3 nitrogen and oxygen atoms in total. The average molecular weight is 364 g/mol. The molecule has 0 N–H and O–H groups in total. The summed E-state index contributed by atoms with van der Waals surface area (Å²) in [4.78, 5) is -0.376. The Balaban J connectivity index is 3.09. The van der Waals surface area contributed by atoms with Crippen LogP contribution in [0.15, 0.2) is 29.2 Å². The molecule has 0 bridgehead atoms. The Kier molecular flexibility index (Phi) is 5.34. The summed E-state index contributed by atoms with van der Waals surface area (Å²) < 4.78 is 74.1. The molecule has 19 heavy (non-hydrogen) atoms. The van der Waals surface area contributed by atoms with Crippen LogP contribution in [0.25, 0.3) is 0 Å². The molecule has 0 fully saturated rings. The lowest BCUT2D eigenvalue weighted by atomic mass is 10.4. The molecule has 0 aliphatic carbocycles. The Labute approximate surface area is 116 Å². The molecule has 0 aromatic heterocycles. The van der Waals surface area contributed by atoms with Crippen molar-refractivity contribution in [1.82, 2.24) is 4.31 Å². The van der Waals surface area contributed by atoms with E-state index in [1.807, 2.05) is 0 Å². The van der Waals surface area contributed by atoms with E-state index in [0.717, 1.165) is 24.3 Å². The minimum atomic E-state index is -4.64. The lowest BCUT2D eigenvalue weighted by Gasteiger charge is -2.22. The van der Waals surface area contributed by atoms with Crippen molar-refractivity contribution in [3.05, 3.63) is 30.1 Å². The Hall–Kier alpha value is -0.670. The fraction of sp³-hybridized carbons (Fsp3) is 0.400. The Morgan fingerprint density at radius 1 is 1.16 bits per heavy atom. The van der Waals surface area contributed by atoms with Gasteiger partial charge in [-0.25, -0.2) is 12.8 Å². The summed E-state index contributed by atoms with van der Waals surface area (Å²) in [6.07, 6.45) is -4.64. The van der Waals surface area contributed by atoms with Crippen LogP contribution in [-0.4, -0.2) is 37.3 Å². The van der Waals surface area contributed by atoms with Gasteiger partial charge in [-0.2, -0.15) is 17.5 Å². The second-order valence-electron chi connectivity index (χ2n) is 3.60. The standard InChI is InChI=1S/C10H10BrF4NO2S/c11-5-6-16(7-10(13,14)15)19(17,18)9-3-1-8(12)2-4-9/h1-4H,5-7H2. The van der Waals surface area contributed by atoms with Gasteiger partial charge in [0.2, 0.25) is 10.0 Å². The zero-order valence-electron chi connectivity index (χ0n) is 9.49. The molecule has 0 atom stereocenters. The third kappa shape index (κ3) is 4.73. The largest absolute Gasteiger partial charge is 0.402 e. The van der Waals surface area contributed by atoms with E-state index in [4.69, 9.17) is 0 Å². The van der Waals surface area contributed by atoms with Crippen LogP contribution in [-0.2, 0) is 10.0 Å². The number of benzene rings is 1. The van der Waals surface area contributed by atoms with E-state index in [1.165, 1.54) is 0 Å². The fourth-order valence-corrected chi connectivity index (χ4v) is 3.42. The van der Waals surface area contributed by atoms with Crippen molar-refractivity contribution in [2.24, 2.45) is 0 Å². The highest BCUT2D eigenvalue weighted by Crippen LogP contribution is 2.22. The molecule has 0 radical (unpaired) electrons. The van der Waals surface area contributed by atoms with Crippen LogP contribution in [0.4, 0.5) is 17.6 Å². The van der Waals surface area contributed by atoms with Gasteiger partial charge in [0, 0.05) is 11.9 Å². The molecule has 1 aromatic carbocycles. The first-order chi connectivity index (χ1) is 8.66. The molecule has 0 aliphatic rings. The maximum Gasteiger partial charge on any atom is 0.402 e. The maximum absolute atomic E-state index is 12.7. The number of sulfonamides is 1. The number of nitrogens with zero attached hydrogens (tertiary/aromatic N) is 1. The minimum absolute atomic E-state index is 0.0590. The molecule has 1 rings (SSSR count). The highest BCUT2D eigenvalue weighted by atomic mass is 79.9. The van der Waals surface area contributed by atoms with Crippen molar-refractivity contribution in [2.45, 2.75) is 11.1 Å². The van der Waals surface area contributed by atoms with Gasteiger partial charge < -0.3 is 0 Å². The molecule has 0 spiro atoms. The first-order valence-electron chi connectivity index (χ1n) is 5.05. The second kappa shape index (κ2) is 6.19. The van der Waals surface area contributed by atoms with E-state index in [9.17, 15) is 26.0 Å². The first-order valence-corrected chi connectivity index (χ1v) is 7.61. The summed E-state index contributed by atoms with van der Waals surface area (Å²) in [5.74, 6) is -0.665. The van der Waals surface area contributed by atoms with E-state index in [0.29, 0.717) is 4.31 Å². The van der Waals surface area contributed by atoms with Gasteiger partial charge in [0.05, 0.1) is 4.90 Å². The van der Waals surface area contributed by atoms with E-state index in [1.54, 1.807) is 0 Å². The molecule has 0 saturated carbocycles. The summed E-state index contributed by atoms with van der Waals surface area (Å²) in [5.41, 5.74) is 0. The number of hydrogen-bond acceptors (Lipinski definition) is 2. The Bertz CT molecular complexity index is 515. The van der Waals surface area contributed by atoms with Crippen molar-refractivity contribution in [3.63, 3.8) is 0 Å². The van der Waals surface area contributed by atoms with Crippen LogP contribution < -0.4 is 0 Å². The molecular weight excluding hydrogens is 354 g/mol. The molecule has 108 valence electrons. The van der Waals surface area contributed by atoms with E-state index in [2.05, 4.69) is 15.9 Å². The summed E-state index contributed by atoms with van der Waals surface area (Å²) >= 11 is 2.90. The topological polar surface area (TPSA) is 37.4 Å². The van der Waals surface area contributed by atoms with E-state index in [-0.39, 0.29) is 16.8 Å². The highest BCUT2D eigenvalue weighted by molar-refractivity contribution is 9.09. The average Bonchev–Trinajstić information content (AvgIpc) is 2.27. The quantitative estimate of drug-likeness (QED) is 0.595. The van der Waals surface area contributed by atoms with Gasteiger partial charge >= 0.3 is 6.18 Å². The van der Waals surface area contributed by atoms with Gasteiger partial charge in [-0.1, -0.05) is 15.9 Å². The number of hydrogen-bond donors (Lipinski definition) is 0. The first kappa shape index (κ1) is 16.4. The van der Waals surface area contributed by atoms with Crippen molar-refractivity contribution >= 4 is 26.0 Å². The van der Waals surface area contributed by atoms with Gasteiger partial charge in [-0.3, -0.25) is 0 Å². The zero-order valence-corrected chi connectivity index (χ0v) is 11.9. The molecule has 0 saturated heterocycles. The Morgan fingerprint density at radius 3 is 2.11 bits per heavy atom. The minimum Gasteiger partial charge on any atom is -0.207 e. The van der Waals surface area contributed by atoms with E-state index >= 15 is 0 Å². The van der Waals surface area contributed by atoms with Crippen LogP contribution >= 0.6 is 15.9 Å². The molecular formula is C10H10BrF4NO2S. The third-order valence-corrected chi connectivity index (χ3v) is 4.36. The molecule has 1 aromatic rings. The fourth-order valence-electron chi connectivity index (χ4n) is 1.33. The van der Waals surface area contributed by atoms with Crippen molar-refractivity contribution < 1.29 is 26.0 Å². The van der Waals surface area contributed by atoms with Crippen LogP contribution in [0.2, 0.25) is 0 Å². The van der Waals surface area contributed by atoms with Crippen molar-refractivity contribution in [2.75, 3.05) is 18.4 Å². The summed E-state index contributed by atoms with van der Waals surface area (Å²) in [7, 11) is -4.30. The predicted octanol–water partition coefficient (Wildman–Crippen LogP) is 2.77. The third-order valence-electron chi connectivity index (χ3n) is 2.14. The van der Waals surface area contributed by atoms with Gasteiger partial charge in [0.1, 0.15) is 12.4 Å². The SMILES string of the molecule is O=S(=O)(c1ccc(F)cc1)N(CCBr)CC(F)(F)F. The second-order valence-corrected chi connectivity index (χ2v) is 6.33. The molecule has 0 unspecified atom stereocenters. The normalized spacial score (nSPS) is 12.9. The predicted molar refractivity (Wildman–Crippen MR) is 65.0 cm³/mol. The summed E-state index contributed by atoms with van der Waals surface area (Å²) in [6, 6.07) is 3.63. The van der Waals surface area contributed by atoms with Crippen LogP contribution in [0, 0.1) is 5.82 Å². The number of halogens is 5. The highest BCUT2D eigenvalue weighted by Gasteiger charge is 2.36. The number of alkyl halides is 4. The van der Waals surface area contributed by atoms with Gasteiger partial charge in [-0.15, -0.1) is 0 Å². The van der Waals surface area contributed by atoms with Crippen molar-refractivity contribution in [1.29, 1.82) is 0 Å². The summed E-state index contributed by atoms with van der Waals surface area (Å²) in [5, 5.41) is 0.0590. The lowest BCUT2D eigenvalue weighted by molar-refractivity contribution is -0.135. The molecule has 0 heterocycles. The summed E-state index contributed by atoms with van der Waals surface area (Å²) in [6.45, 7) is -1.92. The number of rotatable bonds is 5. The molecule has 9 heteroatoms. The van der Waals surface area contributed by atoms with Gasteiger partial charge in [0.25, 0.3) is 0 Å². The maximum atomic E-state index is 12.7. The smallest absolute Gasteiger partial charge is 0.207 e. The monoisotopic (exact) mass is 363 g/mol. The Morgan fingerprint density at radius 2 is 1.68 bits per heavy atom. The molecule has 0 aliphatic heterocycles. The van der Waals surface area contributed by atoms with Crippen molar-refractivity contribution in [3.8, 4) is 0 Å². The van der Waals surface area contributed by atoms with Crippen LogP contribution in [0.1, 0.15) is 0 Å². The van der Waals surface area contributed by atoms with Crippen LogP contribution in [0.5, 0.6) is 0 Å². The van der Waals surface area contributed by atoms with Crippen LogP contribution in [0.3, 0.4) is 0 Å². The zero-order chi connectivity index (χ0) is 14.7. The van der Waals surface area contributed by atoms with Gasteiger partial charge in [0.15, 0.2) is 0 Å². The lowest BCUT2D eigenvalue weighted by Crippen LogP contribution is -2.40.